The molecule has 18 heavy (non-hydrogen) atoms. The molecule has 0 heterocycles. The first kappa shape index (κ1) is 19.3. The summed E-state index contributed by atoms with van der Waals surface area (Å²) >= 11 is 0. The summed E-state index contributed by atoms with van der Waals surface area (Å²) in [6.07, 6.45) is 5.46. The minimum atomic E-state index is -0.677. The molecule has 0 aromatic heterocycles. The fourth-order valence-electron chi connectivity index (χ4n) is 1.07. The molecule has 0 saturated carbocycles. The molecular formula is C14H28O4. The minimum absolute atomic E-state index is 0.0940. The minimum Gasteiger partial charge on any atom is -0.481 e. The summed E-state index contributed by atoms with van der Waals surface area (Å²) in [5.41, 5.74) is 0. The highest BCUT2D eigenvalue weighted by Crippen LogP contribution is 2.06. The van der Waals surface area contributed by atoms with Crippen LogP contribution in [-0.4, -0.2) is 23.7 Å². The van der Waals surface area contributed by atoms with Crippen LogP contribution >= 0.6 is 0 Å². The first-order valence-electron chi connectivity index (χ1n) is 6.87. The predicted molar refractivity (Wildman–Crippen MR) is 72.5 cm³/mol. The molecule has 4 heteroatoms. The smallest absolute Gasteiger partial charge is 0.306 e. The van der Waals surface area contributed by atoms with Crippen molar-refractivity contribution in [1.29, 1.82) is 0 Å². The summed E-state index contributed by atoms with van der Waals surface area (Å²) in [7, 11) is 0. The molecule has 0 rings (SSSR count). The molecule has 1 atom stereocenters. The Morgan fingerprint density at radius 1 is 1.11 bits per heavy atom. The Morgan fingerprint density at radius 2 is 1.67 bits per heavy atom. The lowest BCUT2D eigenvalue weighted by Gasteiger charge is -2.02. The summed E-state index contributed by atoms with van der Waals surface area (Å²) in [4.78, 5) is 20.7. The number of rotatable bonds is 8. The zero-order chi connectivity index (χ0) is 14.4. The van der Waals surface area contributed by atoms with Gasteiger partial charge in [0.25, 0.3) is 0 Å². The van der Waals surface area contributed by atoms with E-state index >= 15 is 0 Å². The van der Waals surface area contributed by atoms with Crippen molar-refractivity contribution >= 4 is 11.9 Å². The van der Waals surface area contributed by atoms with Crippen molar-refractivity contribution < 1.29 is 19.4 Å². The van der Waals surface area contributed by atoms with Crippen LogP contribution in [-0.2, 0) is 14.3 Å². The molecule has 0 aliphatic carbocycles. The van der Waals surface area contributed by atoms with Crippen molar-refractivity contribution in [2.75, 3.05) is 6.61 Å². The average molecular weight is 260 g/mol. The molecule has 0 aliphatic heterocycles. The van der Waals surface area contributed by atoms with Crippen molar-refractivity contribution in [1.82, 2.24) is 0 Å². The van der Waals surface area contributed by atoms with Crippen molar-refractivity contribution in [3.05, 3.63) is 0 Å². The second kappa shape index (κ2) is 14.0. The fraction of sp³-hybridized carbons (Fsp3) is 0.857. The number of carbonyl (C=O) groups is 2. The topological polar surface area (TPSA) is 63.6 Å². The van der Waals surface area contributed by atoms with Gasteiger partial charge < -0.3 is 9.84 Å². The van der Waals surface area contributed by atoms with Crippen LogP contribution < -0.4 is 0 Å². The van der Waals surface area contributed by atoms with E-state index in [4.69, 9.17) is 9.84 Å². The highest BCUT2D eigenvalue weighted by Gasteiger charge is 2.08. The number of ether oxygens (including phenoxy) is 1. The van der Waals surface area contributed by atoms with Crippen LogP contribution in [0.4, 0.5) is 0 Å². The molecule has 1 N–H and O–H groups in total. The van der Waals surface area contributed by atoms with Gasteiger partial charge in [-0.25, -0.2) is 0 Å². The monoisotopic (exact) mass is 260 g/mol. The molecule has 0 aromatic rings. The first-order chi connectivity index (χ1) is 8.49. The van der Waals surface area contributed by atoms with E-state index in [2.05, 4.69) is 13.8 Å². The Hall–Kier alpha value is -1.06. The quantitative estimate of drug-likeness (QED) is 0.534. The maximum atomic E-state index is 10.5. The third kappa shape index (κ3) is 14.9. The number of unbranched alkanes of at least 4 members (excludes halogenated alkanes) is 2. The summed E-state index contributed by atoms with van der Waals surface area (Å²) in [5.74, 6) is -0.933. The van der Waals surface area contributed by atoms with Gasteiger partial charge >= 0.3 is 11.9 Å². The van der Waals surface area contributed by atoms with Crippen LogP contribution in [0.2, 0.25) is 0 Å². The van der Waals surface area contributed by atoms with Crippen LogP contribution in [0.15, 0.2) is 0 Å². The molecule has 0 fully saturated rings. The summed E-state index contributed by atoms with van der Waals surface area (Å²) < 4.78 is 4.79. The van der Waals surface area contributed by atoms with Gasteiger partial charge in [0.15, 0.2) is 0 Å². The summed E-state index contributed by atoms with van der Waals surface area (Å²) in [6, 6.07) is 0. The highest BCUT2D eigenvalue weighted by molar-refractivity contribution is 5.69. The molecular weight excluding hydrogens is 232 g/mol. The predicted octanol–water partition coefficient (Wildman–Crippen LogP) is 3.64. The number of hydrogen-bond acceptors (Lipinski definition) is 3. The van der Waals surface area contributed by atoms with Gasteiger partial charge in [0.05, 0.1) is 12.5 Å². The van der Waals surface area contributed by atoms with Crippen LogP contribution in [0.25, 0.3) is 0 Å². The molecule has 108 valence electrons. The summed E-state index contributed by atoms with van der Waals surface area (Å²) in [6.45, 7) is 8.27. The standard InChI is InChI=1S/2C7H14O2/c1-3-4-5-6(2)7(8)9;1-3-5-6-9-7(8)4-2/h6H,3-5H2,1-2H3,(H,8,9);3-6H2,1-2H3. The number of carboxylic acid groups (broad SMARTS) is 1. The molecule has 1 unspecified atom stereocenters. The van der Waals surface area contributed by atoms with Crippen LogP contribution in [0.1, 0.15) is 66.2 Å². The van der Waals surface area contributed by atoms with Gasteiger partial charge in [0.2, 0.25) is 0 Å². The largest absolute Gasteiger partial charge is 0.481 e. The molecule has 0 saturated heterocycles. The van der Waals surface area contributed by atoms with E-state index in [1.165, 1.54) is 0 Å². The molecule has 0 aliphatic rings. The molecule has 0 radical (unpaired) electrons. The Kier molecular flexibility index (Phi) is 15.0. The Bertz CT molecular complexity index is 212. The van der Waals surface area contributed by atoms with Gasteiger partial charge in [-0.15, -0.1) is 0 Å². The maximum absolute atomic E-state index is 10.5. The Morgan fingerprint density at radius 3 is 2.06 bits per heavy atom. The molecule has 0 spiro atoms. The van der Waals surface area contributed by atoms with E-state index in [9.17, 15) is 9.59 Å². The van der Waals surface area contributed by atoms with Gasteiger partial charge in [-0.3, -0.25) is 9.59 Å². The van der Waals surface area contributed by atoms with Crippen molar-refractivity contribution in [3.63, 3.8) is 0 Å². The van der Waals surface area contributed by atoms with Gasteiger partial charge in [-0.05, 0) is 12.8 Å². The lowest BCUT2D eigenvalue weighted by molar-refractivity contribution is -0.143. The van der Waals surface area contributed by atoms with Crippen molar-refractivity contribution in [3.8, 4) is 0 Å². The first-order valence-corrected chi connectivity index (χ1v) is 6.87. The van der Waals surface area contributed by atoms with Crippen LogP contribution in [0.3, 0.4) is 0 Å². The van der Waals surface area contributed by atoms with E-state index in [0.29, 0.717) is 13.0 Å². The number of aliphatic carboxylic acids is 1. The number of esters is 1. The normalized spacial score (nSPS) is 11.1. The molecule has 0 aromatic carbocycles. The maximum Gasteiger partial charge on any atom is 0.306 e. The third-order valence-electron chi connectivity index (χ3n) is 2.46. The lowest BCUT2D eigenvalue weighted by atomic mass is 10.1. The number of carbonyl (C=O) groups excluding carboxylic acids is 1. The van der Waals surface area contributed by atoms with Gasteiger partial charge in [0.1, 0.15) is 0 Å². The number of carboxylic acids is 1. The second-order valence-corrected chi connectivity index (χ2v) is 4.31. The fourth-order valence-corrected chi connectivity index (χ4v) is 1.07. The zero-order valence-electron chi connectivity index (χ0n) is 12.2. The zero-order valence-corrected chi connectivity index (χ0v) is 12.2. The highest BCUT2D eigenvalue weighted by atomic mass is 16.5. The average Bonchev–Trinajstić information content (AvgIpc) is 2.36. The van der Waals surface area contributed by atoms with Gasteiger partial charge in [0, 0.05) is 6.42 Å². The van der Waals surface area contributed by atoms with E-state index in [-0.39, 0.29) is 11.9 Å². The molecule has 4 nitrogen and oxygen atoms in total. The van der Waals surface area contributed by atoms with E-state index < -0.39 is 5.97 Å². The van der Waals surface area contributed by atoms with E-state index in [1.807, 2.05) is 0 Å². The SMILES string of the molecule is CCCCC(C)C(=O)O.CCCCOC(=O)CC. The van der Waals surface area contributed by atoms with Crippen molar-refractivity contribution in [2.45, 2.75) is 66.2 Å². The Balaban J connectivity index is 0. The lowest BCUT2D eigenvalue weighted by Crippen LogP contribution is -2.08. The van der Waals surface area contributed by atoms with Gasteiger partial charge in [-0.2, -0.15) is 0 Å². The molecule has 0 amide bonds. The Labute approximate surface area is 111 Å². The number of hydrogen-bond donors (Lipinski definition) is 1. The van der Waals surface area contributed by atoms with Crippen molar-refractivity contribution in [2.24, 2.45) is 5.92 Å². The van der Waals surface area contributed by atoms with Gasteiger partial charge in [-0.1, -0.05) is 47.0 Å². The molecule has 0 bridgehead atoms. The summed E-state index contributed by atoms with van der Waals surface area (Å²) in [5, 5.41) is 8.41. The van der Waals surface area contributed by atoms with Crippen LogP contribution in [0.5, 0.6) is 0 Å². The van der Waals surface area contributed by atoms with Crippen LogP contribution in [0, 0.1) is 5.92 Å². The van der Waals surface area contributed by atoms with E-state index in [1.54, 1.807) is 13.8 Å². The van der Waals surface area contributed by atoms with E-state index in [0.717, 1.165) is 32.1 Å². The second-order valence-electron chi connectivity index (χ2n) is 4.31. The third-order valence-corrected chi connectivity index (χ3v) is 2.46.